The van der Waals surface area contributed by atoms with Crippen molar-refractivity contribution in [2.24, 2.45) is 0 Å². The van der Waals surface area contributed by atoms with Gasteiger partial charge in [-0.3, -0.25) is 15.1 Å². The fourth-order valence-corrected chi connectivity index (χ4v) is 2.59. The number of benzene rings is 2. The molecule has 136 valence electrons. The highest BCUT2D eigenvalue weighted by molar-refractivity contribution is 5.91. The number of nitro groups is 1. The SMILES string of the molecule is COc1ccc(C(=O)OC(c2ccccc2)c2ccccn2)cc1[N+](=O)[O-]. The second-order valence-corrected chi connectivity index (χ2v) is 5.59. The van der Waals surface area contributed by atoms with Crippen LogP contribution in [0.2, 0.25) is 0 Å². The molecule has 0 aliphatic heterocycles. The summed E-state index contributed by atoms with van der Waals surface area (Å²) in [5.74, 6) is -0.624. The molecule has 7 heteroatoms. The second kappa shape index (κ2) is 8.09. The van der Waals surface area contributed by atoms with E-state index in [4.69, 9.17) is 9.47 Å². The molecule has 1 unspecified atom stereocenters. The standard InChI is InChI=1S/C20H16N2O5/c1-26-18-11-10-15(13-17(18)22(24)25)20(23)27-19(14-7-3-2-4-8-14)16-9-5-6-12-21-16/h2-13,19H,1H3. The third-order valence-electron chi connectivity index (χ3n) is 3.89. The molecule has 27 heavy (non-hydrogen) atoms. The van der Waals surface area contributed by atoms with Crippen molar-refractivity contribution in [2.45, 2.75) is 6.10 Å². The molecule has 7 nitrogen and oxygen atoms in total. The molecular formula is C20H16N2O5. The first-order valence-corrected chi connectivity index (χ1v) is 8.09. The maximum Gasteiger partial charge on any atom is 0.339 e. The number of aromatic nitrogens is 1. The van der Waals surface area contributed by atoms with Gasteiger partial charge in [0.25, 0.3) is 0 Å². The van der Waals surface area contributed by atoms with Gasteiger partial charge >= 0.3 is 11.7 Å². The van der Waals surface area contributed by atoms with Crippen molar-refractivity contribution < 1.29 is 19.2 Å². The number of esters is 1. The first-order valence-electron chi connectivity index (χ1n) is 8.09. The van der Waals surface area contributed by atoms with Gasteiger partial charge in [-0.1, -0.05) is 36.4 Å². The molecular weight excluding hydrogens is 348 g/mol. The summed E-state index contributed by atoms with van der Waals surface area (Å²) in [6.07, 6.45) is 0.873. The summed E-state index contributed by atoms with van der Waals surface area (Å²) in [5.41, 5.74) is 1.05. The summed E-state index contributed by atoms with van der Waals surface area (Å²) in [5, 5.41) is 11.2. The first kappa shape index (κ1) is 18.1. The topological polar surface area (TPSA) is 91.6 Å². The molecule has 1 aromatic heterocycles. The number of nitro benzene ring substituents is 1. The summed E-state index contributed by atoms with van der Waals surface area (Å²) in [6.45, 7) is 0. The molecule has 3 aromatic rings. The van der Waals surface area contributed by atoms with Gasteiger partial charge in [-0.25, -0.2) is 4.79 Å². The van der Waals surface area contributed by atoms with E-state index in [-0.39, 0.29) is 17.0 Å². The van der Waals surface area contributed by atoms with Crippen molar-refractivity contribution >= 4 is 11.7 Å². The van der Waals surface area contributed by atoms with Gasteiger partial charge in [0.1, 0.15) is 0 Å². The Kier molecular flexibility index (Phi) is 5.41. The molecule has 1 atom stereocenters. The van der Waals surface area contributed by atoms with Crippen LogP contribution < -0.4 is 4.74 Å². The highest BCUT2D eigenvalue weighted by Crippen LogP contribution is 2.30. The van der Waals surface area contributed by atoms with E-state index >= 15 is 0 Å². The Labute approximate surface area is 155 Å². The summed E-state index contributed by atoms with van der Waals surface area (Å²) >= 11 is 0. The number of rotatable bonds is 6. The second-order valence-electron chi connectivity index (χ2n) is 5.59. The van der Waals surface area contributed by atoms with Crippen LogP contribution in [-0.4, -0.2) is 23.0 Å². The average molecular weight is 364 g/mol. The first-order chi connectivity index (χ1) is 13.1. The quantitative estimate of drug-likeness (QED) is 0.374. The van der Waals surface area contributed by atoms with E-state index in [2.05, 4.69) is 4.98 Å². The van der Waals surface area contributed by atoms with Gasteiger partial charge in [0, 0.05) is 12.3 Å². The average Bonchev–Trinajstić information content (AvgIpc) is 2.72. The number of pyridine rings is 1. The third-order valence-corrected chi connectivity index (χ3v) is 3.89. The van der Waals surface area contributed by atoms with Crippen LogP contribution in [-0.2, 0) is 4.74 Å². The van der Waals surface area contributed by atoms with Gasteiger partial charge in [0.05, 0.1) is 23.3 Å². The molecule has 1 heterocycles. The monoisotopic (exact) mass is 364 g/mol. The van der Waals surface area contributed by atoms with E-state index in [0.29, 0.717) is 5.69 Å². The van der Waals surface area contributed by atoms with Gasteiger partial charge in [-0.2, -0.15) is 0 Å². The zero-order valence-electron chi connectivity index (χ0n) is 14.4. The highest BCUT2D eigenvalue weighted by Gasteiger charge is 2.24. The number of nitrogens with zero attached hydrogens (tertiary/aromatic N) is 2. The van der Waals surface area contributed by atoms with Crippen molar-refractivity contribution in [3.05, 3.63) is 99.9 Å². The summed E-state index contributed by atoms with van der Waals surface area (Å²) in [4.78, 5) is 27.5. The molecule has 0 spiro atoms. The number of hydrogen-bond acceptors (Lipinski definition) is 6. The van der Waals surface area contributed by atoms with Crippen LogP contribution in [0.3, 0.4) is 0 Å². The number of carbonyl (C=O) groups is 1. The van der Waals surface area contributed by atoms with Gasteiger partial charge in [-0.05, 0) is 29.8 Å². The fourth-order valence-electron chi connectivity index (χ4n) is 2.59. The largest absolute Gasteiger partial charge is 0.490 e. The Bertz CT molecular complexity index is 906. The molecule has 2 aromatic carbocycles. The Balaban J connectivity index is 1.94. The minimum Gasteiger partial charge on any atom is -0.490 e. The summed E-state index contributed by atoms with van der Waals surface area (Å²) in [6, 6.07) is 18.4. The molecule has 0 saturated heterocycles. The number of ether oxygens (including phenoxy) is 2. The Morgan fingerprint density at radius 2 is 1.81 bits per heavy atom. The van der Waals surface area contributed by atoms with Crippen molar-refractivity contribution in [3.63, 3.8) is 0 Å². The van der Waals surface area contributed by atoms with Crippen molar-refractivity contribution in [1.29, 1.82) is 0 Å². The number of methoxy groups -OCH3 is 1. The lowest BCUT2D eigenvalue weighted by Crippen LogP contribution is -2.14. The van der Waals surface area contributed by atoms with Crippen molar-refractivity contribution in [3.8, 4) is 5.75 Å². The van der Waals surface area contributed by atoms with Crippen LogP contribution in [0.25, 0.3) is 0 Å². The van der Waals surface area contributed by atoms with Crippen LogP contribution >= 0.6 is 0 Å². The van der Waals surface area contributed by atoms with E-state index in [9.17, 15) is 14.9 Å². The number of carbonyl (C=O) groups excluding carboxylic acids is 1. The van der Waals surface area contributed by atoms with Crippen LogP contribution in [0.5, 0.6) is 5.75 Å². The van der Waals surface area contributed by atoms with Gasteiger partial charge in [0.2, 0.25) is 0 Å². The normalized spacial score (nSPS) is 11.4. The zero-order valence-corrected chi connectivity index (χ0v) is 14.4. The third kappa shape index (κ3) is 4.09. The molecule has 0 saturated carbocycles. The van der Waals surface area contributed by atoms with Crippen LogP contribution in [0.1, 0.15) is 27.7 Å². The number of hydrogen-bond donors (Lipinski definition) is 0. The molecule has 0 aliphatic carbocycles. The van der Waals surface area contributed by atoms with E-state index < -0.39 is 17.0 Å². The minimum absolute atomic E-state index is 0.0550. The van der Waals surface area contributed by atoms with Crippen LogP contribution in [0.15, 0.2) is 72.9 Å². The van der Waals surface area contributed by atoms with Gasteiger partial charge in [0.15, 0.2) is 11.9 Å². The van der Waals surface area contributed by atoms with Gasteiger partial charge < -0.3 is 9.47 Å². The van der Waals surface area contributed by atoms with Gasteiger partial charge in [-0.15, -0.1) is 0 Å². The summed E-state index contributed by atoms with van der Waals surface area (Å²) in [7, 11) is 1.33. The fraction of sp³-hybridized carbons (Fsp3) is 0.100. The smallest absolute Gasteiger partial charge is 0.339 e. The maximum absolute atomic E-state index is 12.7. The molecule has 3 rings (SSSR count). The Morgan fingerprint density at radius 3 is 2.44 bits per heavy atom. The predicted octanol–water partition coefficient (Wildman–Crippen LogP) is 3.94. The molecule has 0 radical (unpaired) electrons. The Morgan fingerprint density at radius 1 is 1.07 bits per heavy atom. The molecule has 0 bridgehead atoms. The lowest BCUT2D eigenvalue weighted by Gasteiger charge is -2.18. The maximum atomic E-state index is 12.7. The summed E-state index contributed by atoms with van der Waals surface area (Å²) < 4.78 is 10.6. The van der Waals surface area contributed by atoms with E-state index in [1.165, 1.54) is 19.2 Å². The van der Waals surface area contributed by atoms with Crippen LogP contribution in [0.4, 0.5) is 5.69 Å². The highest BCUT2D eigenvalue weighted by atomic mass is 16.6. The molecule has 0 aliphatic rings. The lowest BCUT2D eigenvalue weighted by atomic mass is 10.1. The molecule has 0 amide bonds. The zero-order chi connectivity index (χ0) is 19.2. The molecule has 0 N–H and O–H groups in total. The van der Waals surface area contributed by atoms with Crippen LogP contribution in [0, 0.1) is 10.1 Å². The van der Waals surface area contributed by atoms with Crippen molar-refractivity contribution in [2.75, 3.05) is 7.11 Å². The minimum atomic E-state index is -0.735. The van der Waals surface area contributed by atoms with E-state index in [0.717, 1.165) is 11.6 Å². The predicted molar refractivity (Wildman–Crippen MR) is 97.6 cm³/mol. The molecule has 0 fully saturated rings. The lowest BCUT2D eigenvalue weighted by molar-refractivity contribution is -0.385. The van der Waals surface area contributed by atoms with E-state index in [1.54, 1.807) is 24.4 Å². The van der Waals surface area contributed by atoms with Crippen molar-refractivity contribution in [1.82, 2.24) is 4.98 Å². The Hall–Kier alpha value is -3.74. The van der Waals surface area contributed by atoms with E-state index in [1.807, 2.05) is 30.3 Å².